The van der Waals surface area contributed by atoms with Gasteiger partial charge in [-0.15, -0.1) is 10.2 Å². The minimum Gasteiger partial charge on any atom is -0.357 e. The van der Waals surface area contributed by atoms with Crippen LogP contribution >= 0.6 is 0 Å². The molecule has 0 fully saturated rings. The van der Waals surface area contributed by atoms with Gasteiger partial charge in [-0.3, -0.25) is 0 Å². The summed E-state index contributed by atoms with van der Waals surface area (Å²) in [5.74, 6) is 0.785. The lowest BCUT2D eigenvalue weighted by Gasteiger charge is -2.15. The van der Waals surface area contributed by atoms with Gasteiger partial charge in [0.05, 0.1) is 18.2 Å². The fourth-order valence-electron chi connectivity index (χ4n) is 1.92. The molecule has 2 aromatic rings. The van der Waals surface area contributed by atoms with Crippen molar-refractivity contribution in [3.05, 3.63) is 41.5 Å². The van der Waals surface area contributed by atoms with E-state index in [1.54, 1.807) is 0 Å². The van der Waals surface area contributed by atoms with Gasteiger partial charge in [-0.05, 0) is 43.2 Å². The summed E-state index contributed by atoms with van der Waals surface area (Å²) >= 11 is 0. The van der Waals surface area contributed by atoms with Crippen LogP contribution in [0.1, 0.15) is 17.5 Å². The summed E-state index contributed by atoms with van der Waals surface area (Å²) in [7, 11) is 1.91. The summed E-state index contributed by atoms with van der Waals surface area (Å²) in [6, 6.07) is 12.3. The van der Waals surface area contributed by atoms with Crippen molar-refractivity contribution in [2.24, 2.45) is 0 Å². The maximum Gasteiger partial charge on any atom is 0.151 e. The zero-order chi connectivity index (χ0) is 14.5. The van der Waals surface area contributed by atoms with E-state index in [4.69, 9.17) is 5.26 Å². The lowest BCUT2D eigenvalue weighted by Crippen LogP contribution is -2.19. The molecule has 2 rings (SSSR count). The number of hydrogen-bond acceptors (Lipinski definition) is 4. The third-order valence-corrected chi connectivity index (χ3v) is 3.40. The fraction of sp³-hybridized carbons (Fsp3) is 0.312. The molecule has 0 spiro atoms. The normalized spacial score (nSPS) is 10.1. The Bertz CT molecular complexity index is 626. The van der Waals surface area contributed by atoms with Crippen molar-refractivity contribution in [1.82, 2.24) is 10.2 Å². The molecule has 4 nitrogen and oxygen atoms in total. The van der Waals surface area contributed by atoms with Crippen LogP contribution in [0.4, 0.5) is 5.82 Å². The van der Waals surface area contributed by atoms with Gasteiger partial charge in [0.1, 0.15) is 0 Å². The zero-order valence-electron chi connectivity index (χ0n) is 12.1. The molecule has 0 bridgehead atoms. The van der Waals surface area contributed by atoms with E-state index in [-0.39, 0.29) is 0 Å². The highest BCUT2D eigenvalue weighted by Gasteiger charge is 2.05. The monoisotopic (exact) mass is 266 g/mol. The van der Waals surface area contributed by atoms with Crippen LogP contribution in [-0.4, -0.2) is 23.8 Å². The highest BCUT2D eigenvalue weighted by molar-refractivity contribution is 5.61. The van der Waals surface area contributed by atoms with Crippen LogP contribution < -0.4 is 4.90 Å². The Morgan fingerprint density at radius 3 is 2.50 bits per heavy atom. The standard InChI is InChI=1S/C16H18N4/c1-12-5-6-14(11-13(12)2)15-7-8-16(19-18-15)20(3)10-4-9-17/h5-8,11H,4,10H2,1-3H3. The number of rotatable bonds is 4. The molecular weight excluding hydrogens is 248 g/mol. The second-order valence-electron chi connectivity index (χ2n) is 4.91. The quantitative estimate of drug-likeness (QED) is 0.853. The minimum absolute atomic E-state index is 0.483. The highest BCUT2D eigenvalue weighted by atomic mass is 15.2. The molecule has 0 aliphatic carbocycles. The Morgan fingerprint density at radius 2 is 1.90 bits per heavy atom. The van der Waals surface area contributed by atoms with E-state index in [0.717, 1.165) is 17.1 Å². The first-order chi connectivity index (χ1) is 9.61. The molecule has 0 radical (unpaired) electrons. The Hall–Kier alpha value is -2.41. The van der Waals surface area contributed by atoms with E-state index in [2.05, 4.69) is 48.3 Å². The first-order valence-electron chi connectivity index (χ1n) is 6.61. The molecule has 0 saturated carbocycles. The molecule has 20 heavy (non-hydrogen) atoms. The number of aryl methyl sites for hydroxylation is 2. The lowest BCUT2D eigenvalue weighted by atomic mass is 10.0. The van der Waals surface area contributed by atoms with Crippen LogP contribution in [-0.2, 0) is 0 Å². The molecule has 0 unspecified atom stereocenters. The van der Waals surface area contributed by atoms with E-state index in [1.165, 1.54) is 11.1 Å². The average Bonchev–Trinajstić information content (AvgIpc) is 2.48. The number of aromatic nitrogens is 2. The van der Waals surface area contributed by atoms with Crippen molar-refractivity contribution < 1.29 is 0 Å². The molecule has 0 aliphatic rings. The van der Waals surface area contributed by atoms with Gasteiger partial charge in [-0.2, -0.15) is 5.26 Å². The highest BCUT2D eigenvalue weighted by Crippen LogP contribution is 2.21. The average molecular weight is 266 g/mol. The Labute approximate surface area is 119 Å². The molecule has 102 valence electrons. The number of anilines is 1. The summed E-state index contributed by atoms with van der Waals surface area (Å²) in [4.78, 5) is 1.93. The van der Waals surface area contributed by atoms with E-state index in [1.807, 2.05) is 24.1 Å². The molecule has 1 heterocycles. The largest absolute Gasteiger partial charge is 0.357 e. The minimum atomic E-state index is 0.483. The summed E-state index contributed by atoms with van der Waals surface area (Å²) in [5.41, 5.74) is 4.46. The van der Waals surface area contributed by atoms with E-state index >= 15 is 0 Å². The second-order valence-corrected chi connectivity index (χ2v) is 4.91. The van der Waals surface area contributed by atoms with Gasteiger partial charge in [0, 0.05) is 19.2 Å². The molecular formula is C16H18N4. The maximum atomic E-state index is 8.59. The third kappa shape index (κ3) is 3.12. The van der Waals surface area contributed by atoms with Crippen LogP contribution in [0.25, 0.3) is 11.3 Å². The van der Waals surface area contributed by atoms with Crippen molar-refractivity contribution in [3.63, 3.8) is 0 Å². The molecule has 0 saturated heterocycles. The number of nitriles is 1. The van der Waals surface area contributed by atoms with Crippen LogP contribution in [0.2, 0.25) is 0 Å². The van der Waals surface area contributed by atoms with Gasteiger partial charge in [-0.1, -0.05) is 12.1 Å². The van der Waals surface area contributed by atoms with Gasteiger partial charge in [0.25, 0.3) is 0 Å². The SMILES string of the molecule is Cc1ccc(-c2ccc(N(C)CCC#N)nn2)cc1C. The van der Waals surface area contributed by atoms with Crippen molar-refractivity contribution in [3.8, 4) is 17.3 Å². The number of nitrogens with zero attached hydrogens (tertiary/aromatic N) is 4. The zero-order valence-corrected chi connectivity index (χ0v) is 12.1. The first kappa shape index (κ1) is 14.0. The van der Waals surface area contributed by atoms with Gasteiger partial charge in [-0.25, -0.2) is 0 Å². The van der Waals surface area contributed by atoms with Gasteiger partial charge < -0.3 is 4.90 Å². The Balaban J connectivity index is 2.19. The molecule has 1 aromatic carbocycles. The summed E-state index contributed by atoms with van der Waals surface area (Å²) in [6.07, 6.45) is 0.483. The smallest absolute Gasteiger partial charge is 0.151 e. The fourth-order valence-corrected chi connectivity index (χ4v) is 1.92. The maximum absolute atomic E-state index is 8.59. The lowest BCUT2D eigenvalue weighted by molar-refractivity contribution is 0.860. The van der Waals surface area contributed by atoms with Crippen molar-refractivity contribution in [2.75, 3.05) is 18.5 Å². The molecule has 0 aliphatic heterocycles. The van der Waals surface area contributed by atoms with Crippen LogP contribution in [0.3, 0.4) is 0 Å². The topological polar surface area (TPSA) is 52.8 Å². The molecule has 4 heteroatoms. The number of benzene rings is 1. The van der Waals surface area contributed by atoms with E-state index in [9.17, 15) is 0 Å². The molecule has 0 N–H and O–H groups in total. The summed E-state index contributed by atoms with van der Waals surface area (Å²) < 4.78 is 0. The predicted octanol–water partition coefficient (Wildman–Crippen LogP) is 3.11. The van der Waals surface area contributed by atoms with Crippen molar-refractivity contribution >= 4 is 5.82 Å². The Morgan fingerprint density at radius 1 is 1.10 bits per heavy atom. The third-order valence-electron chi connectivity index (χ3n) is 3.40. The first-order valence-corrected chi connectivity index (χ1v) is 6.61. The van der Waals surface area contributed by atoms with Crippen LogP contribution in [0.5, 0.6) is 0 Å². The predicted molar refractivity (Wildman–Crippen MR) is 80.4 cm³/mol. The molecule has 1 aromatic heterocycles. The second kappa shape index (κ2) is 6.16. The molecule has 0 amide bonds. The van der Waals surface area contributed by atoms with Gasteiger partial charge in [0.2, 0.25) is 0 Å². The van der Waals surface area contributed by atoms with Crippen LogP contribution in [0.15, 0.2) is 30.3 Å². The van der Waals surface area contributed by atoms with Crippen LogP contribution in [0, 0.1) is 25.2 Å². The number of hydrogen-bond donors (Lipinski definition) is 0. The van der Waals surface area contributed by atoms with Gasteiger partial charge >= 0.3 is 0 Å². The van der Waals surface area contributed by atoms with E-state index in [0.29, 0.717) is 13.0 Å². The summed E-state index contributed by atoms with van der Waals surface area (Å²) in [6.45, 7) is 4.85. The summed E-state index contributed by atoms with van der Waals surface area (Å²) in [5, 5.41) is 17.1. The molecule has 0 atom stereocenters. The Kier molecular flexibility index (Phi) is 4.31. The van der Waals surface area contributed by atoms with Gasteiger partial charge in [0.15, 0.2) is 5.82 Å². The van der Waals surface area contributed by atoms with Crippen molar-refractivity contribution in [1.29, 1.82) is 5.26 Å². The van der Waals surface area contributed by atoms with E-state index < -0.39 is 0 Å². The van der Waals surface area contributed by atoms with Crippen molar-refractivity contribution in [2.45, 2.75) is 20.3 Å².